The first kappa shape index (κ1) is 24.7. The maximum atomic E-state index is 13.9. The normalized spacial score (nSPS) is 14.6. The fraction of sp³-hybridized carbons (Fsp3) is 0.355. The van der Waals surface area contributed by atoms with Gasteiger partial charge < -0.3 is 10.2 Å². The molecule has 0 aromatic heterocycles. The molecule has 3 aromatic rings. The lowest BCUT2D eigenvalue weighted by atomic mass is 9.88. The van der Waals surface area contributed by atoms with Crippen LogP contribution in [-0.2, 0) is 16.1 Å². The Morgan fingerprint density at radius 2 is 1.40 bits per heavy atom. The summed E-state index contributed by atoms with van der Waals surface area (Å²) in [6.45, 7) is 4.32. The molecule has 3 aromatic carbocycles. The summed E-state index contributed by atoms with van der Waals surface area (Å²) >= 11 is 0. The van der Waals surface area contributed by atoms with Gasteiger partial charge in [0.05, 0.1) is 0 Å². The predicted molar refractivity (Wildman–Crippen MR) is 141 cm³/mol. The molecule has 4 rings (SSSR count). The van der Waals surface area contributed by atoms with Crippen LogP contribution >= 0.6 is 0 Å². The minimum Gasteiger partial charge on any atom is -0.352 e. The summed E-state index contributed by atoms with van der Waals surface area (Å²) in [6, 6.07) is 28.2. The molecule has 0 heterocycles. The topological polar surface area (TPSA) is 49.4 Å². The molecule has 1 aliphatic rings. The number of carbonyl (C=O) groups excluding carboxylic acids is 2. The zero-order valence-electron chi connectivity index (χ0n) is 20.8. The Kier molecular flexibility index (Phi) is 8.36. The van der Waals surface area contributed by atoms with Crippen molar-refractivity contribution in [1.29, 1.82) is 0 Å². The predicted octanol–water partition coefficient (Wildman–Crippen LogP) is 5.99. The minimum absolute atomic E-state index is 0.0163. The van der Waals surface area contributed by atoms with Crippen molar-refractivity contribution in [3.63, 3.8) is 0 Å². The summed E-state index contributed by atoms with van der Waals surface area (Å²) in [7, 11) is 0. The van der Waals surface area contributed by atoms with Crippen molar-refractivity contribution in [2.45, 2.75) is 70.5 Å². The van der Waals surface area contributed by atoms with E-state index in [1.807, 2.05) is 55.5 Å². The van der Waals surface area contributed by atoms with E-state index in [9.17, 15) is 9.59 Å². The summed E-state index contributed by atoms with van der Waals surface area (Å²) in [5.41, 5.74) is 4.41. The third kappa shape index (κ3) is 6.60. The van der Waals surface area contributed by atoms with E-state index in [4.69, 9.17) is 0 Å². The monoisotopic (exact) mass is 468 g/mol. The van der Waals surface area contributed by atoms with Gasteiger partial charge in [-0.25, -0.2) is 0 Å². The molecule has 4 heteroatoms. The van der Waals surface area contributed by atoms with Crippen LogP contribution in [0.25, 0.3) is 0 Å². The van der Waals surface area contributed by atoms with Gasteiger partial charge in [0.15, 0.2) is 0 Å². The summed E-state index contributed by atoms with van der Waals surface area (Å²) in [5.74, 6) is -0.152. The average molecular weight is 469 g/mol. The Hall–Kier alpha value is -3.40. The summed E-state index contributed by atoms with van der Waals surface area (Å²) in [6.07, 6.45) is 4.66. The maximum absolute atomic E-state index is 13.9. The summed E-state index contributed by atoms with van der Waals surface area (Å²) < 4.78 is 0. The van der Waals surface area contributed by atoms with Gasteiger partial charge in [-0.05, 0) is 43.4 Å². The van der Waals surface area contributed by atoms with Crippen LogP contribution in [0.15, 0.2) is 84.9 Å². The molecule has 1 saturated carbocycles. The van der Waals surface area contributed by atoms with Crippen LogP contribution < -0.4 is 5.32 Å². The lowest BCUT2D eigenvalue weighted by molar-refractivity contribution is -0.141. The van der Waals surface area contributed by atoms with Crippen molar-refractivity contribution >= 4 is 11.8 Å². The molecule has 1 atom stereocenters. The number of carbonyl (C=O) groups is 2. The molecule has 0 bridgehead atoms. The van der Waals surface area contributed by atoms with Crippen molar-refractivity contribution in [1.82, 2.24) is 10.2 Å². The second-order valence-electron chi connectivity index (χ2n) is 9.75. The van der Waals surface area contributed by atoms with Crippen LogP contribution in [0.4, 0.5) is 0 Å². The van der Waals surface area contributed by atoms with E-state index in [0.29, 0.717) is 13.0 Å². The van der Waals surface area contributed by atoms with Gasteiger partial charge in [-0.2, -0.15) is 0 Å². The van der Waals surface area contributed by atoms with Crippen LogP contribution in [0.3, 0.4) is 0 Å². The smallest absolute Gasteiger partial charge is 0.242 e. The number of aryl methyl sites for hydroxylation is 1. The molecule has 2 amide bonds. The van der Waals surface area contributed by atoms with Gasteiger partial charge in [0.2, 0.25) is 11.8 Å². The molecule has 1 fully saturated rings. The number of hydrogen-bond donors (Lipinski definition) is 1. The van der Waals surface area contributed by atoms with E-state index >= 15 is 0 Å². The number of benzene rings is 3. The van der Waals surface area contributed by atoms with E-state index in [-0.39, 0.29) is 23.8 Å². The Morgan fingerprint density at radius 1 is 0.857 bits per heavy atom. The first-order chi connectivity index (χ1) is 17.0. The van der Waals surface area contributed by atoms with Crippen molar-refractivity contribution in [3.05, 3.63) is 107 Å². The molecular formula is C31H36N2O2. The van der Waals surface area contributed by atoms with Gasteiger partial charge in [0.1, 0.15) is 6.04 Å². The van der Waals surface area contributed by atoms with E-state index in [2.05, 4.69) is 48.6 Å². The highest BCUT2D eigenvalue weighted by atomic mass is 16.2. The van der Waals surface area contributed by atoms with Crippen LogP contribution in [0.1, 0.15) is 67.2 Å². The molecule has 182 valence electrons. The standard InChI is InChI=1S/C31H36N2O2/c1-23-17-19-25(20-18-23)22-33(24(2)31(35)32-28-15-9-10-16-28)30(34)21-29(26-11-5-3-6-12-26)27-13-7-4-8-14-27/h3-8,11-14,17-20,24,28-29H,9-10,15-16,21-22H2,1-2H3,(H,32,35). The Balaban J connectivity index is 1.59. The zero-order valence-corrected chi connectivity index (χ0v) is 20.8. The number of nitrogens with one attached hydrogen (secondary N) is 1. The molecular weight excluding hydrogens is 432 g/mol. The lowest BCUT2D eigenvalue weighted by Crippen LogP contribution is -2.49. The van der Waals surface area contributed by atoms with Crippen molar-refractivity contribution in [3.8, 4) is 0 Å². The van der Waals surface area contributed by atoms with Crippen LogP contribution in [-0.4, -0.2) is 28.8 Å². The molecule has 1 unspecified atom stereocenters. The van der Waals surface area contributed by atoms with Gasteiger partial charge in [0, 0.05) is 24.9 Å². The number of hydrogen-bond acceptors (Lipinski definition) is 2. The van der Waals surface area contributed by atoms with Gasteiger partial charge in [-0.1, -0.05) is 103 Å². The van der Waals surface area contributed by atoms with Crippen molar-refractivity contribution < 1.29 is 9.59 Å². The van der Waals surface area contributed by atoms with Gasteiger partial charge in [0.25, 0.3) is 0 Å². The van der Waals surface area contributed by atoms with Crippen LogP contribution in [0.2, 0.25) is 0 Å². The van der Waals surface area contributed by atoms with Crippen molar-refractivity contribution in [2.24, 2.45) is 0 Å². The third-order valence-corrected chi connectivity index (χ3v) is 7.13. The average Bonchev–Trinajstić information content (AvgIpc) is 3.40. The fourth-order valence-corrected chi connectivity index (χ4v) is 4.96. The molecule has 1 aliphatic carbocycles. The summed E-state index contributed by atoms with van der Waals surface area (Å²) in [5, 5.41) is 3.19. The molecule has 35 heavy (non-hydrogen) atoms. The first-order valence-corrected chi connectivity index (χ1v) is 12.8. The highest BCUT2D eigenvalue weighted by Gasteiger charge is 2.30. The van der Waals surface area contributed by atoms with Crippen LogP contribution in [0, 0.1) is 6.92 Å². The largest absolute Gasteiger partial charge is 0.352 e. The molecule has 0 radical (unpaired) electrons. The van der Waals surface area contributed by atoms with E-state index < -0.39 is 6.04 Å². The van der Waals surface area contributed by atoms with Gasteiger partial charge in [-0.3, -0.25) is 9.59 Å². The quantitative estimate of drug-likeness (QED) is 0.419. The fourth-order valence-electron chi connectivity index (χ4n) is 4.96. The maximum Gasteiger partial charge on any atom is 0.242 e. The van der Waals surface area contributed by atoms with E-state index in [1.165, 1.54) is 5.56 Å². The Labute approximate surface area is 209 Å². The molecule has 0 spiro atoms. The third-order valence-electron chi connectivity index (χ3n) is 7.13. The van der Waals surface area contributed by atoms with E-state index in [0.717, 1.165) is 42.4 Å². The Bertz CT molecular complexity index is 1050. The second-order valence-corrected chi connectivity index (χ2v) is 9.75. The highest BCUT2D eigenvalue weighted by Crippen LogP contribution is 2.29. The molecule has 4 nitrogen and oxygen atoms in total. The Morgan fingerprint density at radius 3 is 1.94 bits per heavy atom. The first-order valence-electron chi connectivity index (χ1n) is 12.8. The number of rotatable bonds is 9. The van der Waals surface area contributed by atoms with Gasteiger partial charge >= 0.3 is 0 Å². The zero-order chi connectivity index (χ0) is 24.6. The molecule has 0 aliphatic heterocycles. The van der Waals surface area contributed by atoms with Crippen molar-refractivity contribution in [2.75, 3.05) is 0 Å². The van der Waals surface area contributed by atoms with E-state index in [1.54, 1.807) is 4.90 Å². The minimum atomic E-state index is -0.545. The summed E-state index contributed by atoms with van der Waals surface area (Å²) in [4.78, 5) is 28.9. The number of amides is 2. The van der Waals surface area contributed by atoms with Gasteiger partial charge in [-0.15, -0.1) is 0 Å². The highest BCUT2D eigenvalue weighted by molar-refractivity contribution is 5.88. The number of nitrogens with zero attached hydrogens (tertiary/aromatic N) is 1. The SMILES string of the molecule is Cc1ccc(CN(C(=O)CC(c2ccccc2)c2ccccc2)C(C)C(=O)NC2CCCC2)cc1. The second kappa shape index (κ2) is 11.8. The molecule has 0 saturated heterocycles. The lowest BCUT2D eigenvalue weighted by Gasteiger charge is -2.31. The van der Waals surface area contributed by atoms with Crippen LogP contribution in [0.5, 0.6) is 0 Å². The molecule has 1 N–H and O–H groups in total.